The number of aromatic nitrogens is 2. The Morgan fingerprint density at radius 1 is 1.08 bits per heavy atom. The largest absolute Gasteiger partial charge is 0.481 e. The quantitative estimate of drug-likeness (QED) is 0.364. The van der Waals surface area contributed by atoms with E-state index in [-0.39, 0.29) is 12.0 Å². The molecule has 1 aliphatic carbocycles. The molecule has 6 rings (SSSR count). The average Bonchev–Trinajstić information content (AvgIpc) is 2.82. The molecule has 3 aliphatic rings. The van der Waals surface area contributed by atoms with Gasteiger partial charge in [0.15, 0.2) is 0 Å². The summed E-state index contributed by atoms with van der Waals surface area (Å²) in [6, 6.07) is 14.0. The van der Waals surface area contributed by atoms with Crippen molar-refractivity contribution < 1.29 is 9.90 Å². The lowest BCUT2D eigenvalue weighted by atomic mass is 9.76. The number of piperidine rings is 1. The number of para-hydroxylation sites is 1. The predicted molar refractivity (Wildman–Crippen MR) is 152 cm³/mol. The molecule has 2 aromatic carbocycles. The summed E-state index contributed by atoms with van der Waals surface area (Å²) in [7, 11) is 0. The minimum absolute atomic E-state index is 0.0597. The molecule has 2 atom stereocenters. The van der Waals surface area contributed by atoms with Crippen LogP contribution in [-0.2, 0) is 4.79 Å². The lowest BCUT2D eigenvalue weighted by molar-refractivity contribution is -0.147. The number of fused-ring (bicyclic) bond motifs is 1. The van der Waals surface area contributed by atoms with Gasteiger partial charge in [-0.2, -0.15) is 4.98 Å². The highest BCUT2D eigenvalue weighted by atomic mass is 35.5. The van der Waals surface area contributed by atoms with E-state index in [1.165, 1.54) is 12.8 Å². The third-order valence-corrected chi connectivity index (χ3v) is 9.26. The fourth-order valence-corrected chi connectivity index (χ4v) is 6.84. The van der Waals surface area contributed by atoms with Crippen LogP contribution in [0.2, 0.25) is 10.0 Å². The van der Waals surface area contributed by atoms with Crippen LogP contribution >= 0.6 is 23.2 Å². The third-order valence-electron chi connectivity index (χ3n) is 8.70. The molecule has 1 saturated carbocycles. The van der Waals surface area contributed by atoms with Crippen molar-refractivity contribution >= 4 is 51.8 Å². The minimum atomic E-state index is -0.639. The average molecular weight is 555 g/mol. The van der Waals surface area contributed by atoms with Gasteiger partial charge in [0, 0.05) is 41.1 Å². The molecule has 200 valence electrons. The normalized spacial score (nSPS) is 25.0. The number of rotatable bonds is 7. The van der Waals surface area contributed by atoms with E-state index in [1.54, 1.807) is 6.07 Å². The number of carbonyl (C=O) groups is 1. The van der Waals surface area contributed by atoms with Crippen LogP contribution in [0.3, 0.4) is 0 Å². The molecule has 7 nitrogen and oxygen atoms in total. The molecular formula is C29H33Cl2N5O2. The number of carboxylic acids is 1. The van der Waals surface area contributed by atoms with Gasteiger partial charge in [-0.05, 0) is 80.8 Å². The second-order valence-electron chi connectivity index (χ2n) is 11.1. The molecule has 3 heterocycles. The lowest BCUT2D eigenvalue weighted by Crippen LogP contribution is -2.56. The van der Waals surface area contributed by atoms with Crippen LogP contribution in [0.5, 0.6) is 0 Å². The molecule has 1 aromatic heterocycles. The summed E-state index contributed by atoms with van der Waals surface area (Å²) in [4.78, 5) is 25.9. The number of anilines is 2. The summed E-state index contributed by atoms with van der Waals surface area (Å²) in [5, 5.41) is 15.0. The molecule has 3 fully saturated rings. The number of hydrogen-bond donors (Lipinski definition) is 2. The number of nitrogens with zero attached hydrogens (tertiary/aromatic N) is 4. The Hall–Kier alpha value is -2.61. The molecule has 3 aromatic rings. The molecule has 0 radical (unpaired) electrons. The van der Waals surface area contributed by atoms with Crippen LogP contribution in [0.1, 0.15) is 44.2 Å². The number of nitrogens with one attached hydrogen (secondary N) is 1. The fraction of sp³-hybridized carbons (Fsp3) is 0.483. The molecular weight excluding hydrogens is 521 g/mol. The van der Waals surface area contributed by atoms with Gasteiger partial charge >= 0.3 is 5.97 Å². The monoisotopic (exact) mass is 553 g/mol. The molecule has 2 aliphatic heterocycles. The molecule has 1 unspecified atom stereocenters. The standard InChI is InChI=1S/C29H33Cl2N5O2/c1-17(23-9-8-21(30)13-25(23)31)32-27-24-6-2-3-7-26(24)33-29(34-27)36-15-20(16-36)18-5-4-10-35(14-18)22-11-19(12-22)28(37)38/h2-3,6-9,13,17-20,22H,4-5,10-12,14-16H2,1H3,(H,37,38)(H,32,33,34)/t17-,18?,19?,22?/m1/s1. The maximum atomic E-state index is 11.2. The Kier molecular flexibility index (Phi) is 7.10. The van der Waals surface area contributed by atoms with Crippen LogP contribution < -0.4 is 10.2 Å². The Bertz CT molecular complexity index is 1340. The Morgan fingerprint density at radius 3 is 2.63 bits per heavy atom. The predicted octanol–water partition coefficient (Wildman–Crippen LogP) is 6.12. The summed E-state index contributed by atoms with van der Waals surface area (Å²) in [6.07, 6.45) is 4.05. The molecule has 9 heteroatoms. The van der Waals surface area contributed by atoms with E-state index in [0.29, 0.717) is 27.9 Å². The first-order valence-corrected chi connectivity index (χ1v) is 14.3. The highest BCUT2D eigenvalue weighted by Gasteiger charge is 2.42. The van der Waals surface area contributed by atoms with Gasteiger partial charge < -0.3 is 20.2 Å². The minimum Gasteiger partial charge on any atom is -0.481 e. The lowest BCUT2D eigenvalue weighted by Gasteiger charge is -2.50. The number of aliphatic carboxylic acids is 1. The molecule has 0 bridgehead atoms. The Labute approximate surface area is 233 Å². The van der Waals surface area contributed by atoms with E-state index in [0.717, 1.165) is 67.3 Å². The van der Waals surface area contributed by atoms with Crippen LogP contribution in [0.15, 0.2) is 42.5 Å². The highest BCUT2D eigenvalue weighted by molar-refractivity contribution is 6.35. The zero-order chi connectivity index (χ0) is 26.4. The van der Waals surface area contributed by atoms with E-state index >= 15 is 0 Å². The van der Waals surface area contributed by atoms with Crippen molar-refractivity contribution in [3.05, 3.63) is 58.1 Å². The number of benzene rings is 2. The number of halogens is 2. The number of carboxylic acid groups (broad SMARTS) is 1. The molecule has 2 saturated heterocycles. The van der Waals surface area contributed by atoms with Crippen molar-refractivity contribution in [1.29, 1.82) is 0 Å². The Morgan fingerprint density at radius 2 is 1.87 bits per heavy atom. The number of likely N-dealkylation sites (tertiary alicyclic amines) is 1. The zero-order valence-electron chi connectivity index (χ0n) is 21.5. The SMILES string of the molecule is C[C@@H](Nc1nc(N2CC(C3CCCN(C4CC(C(=O)O)C4)C3)C2)nc2ccccc12)c1ccc(Cl)cc1Cl. The van der Waals surface area contributed by atoms with Crippen molar-refractivity contribution in [3.63, 3.8) is 0 Å². The summed E-state index contributed by atoms with van der Waals surface area (Å²) in [6.45, 7) is 6.16. The summed E-state index contributed by atoms with van der Waals surface area (Å²) in [5.41, 5.74) is 1.88. The van der Waals surface area contributed by atoms with Crippen molar-refractivity contribution in [2.75, 3.05) is 36.4 Å². The molecule has 38 heavy (non-hydrogen) atoms. The molecule has 0 spiro atoms. The van der Waals surface area contributed by atoms with Crippen LogP contribution in [-0.4, -0.2) is 58.2 Å². The van der Waals surface area contributed by atoms with Gasteiger partial charge in [-0.1, -0.05) is 41.4 Å². The van der Waals surface area contributed by atoms with E-state index in [9.17, 15) is 9.90 Å². The molecule has 0 amide bonds. The Balaban J connectivity index is 1.14. The van der Waals surface area contributed by atoms with Crippen molar-refractivity contribution in [2.24, 2.45) is 17.8 Å². The van der Waals surface area contributed by atoms with E-state index in [4.69, 9.17) is 33.2 Å². The van der Waals surface area contributed by atoms with Crippen LogP contribution in [0.4, 0.5) is 11.8 Å². The summed E-state index contributed by atoms with van der Waals surface area (Å²) in [5.74, 6) is 2.04. The molecule has 2 N–H and O–H groups in total. The van der Waals surface area contributed by atoms with E-state index in [1.807, 2.05) is 36.4 Å². The van der Waals surface area contributed by atoms with Crippen LogP contribution in [0.25, 0.3) is 10.9 Å². The fourth-order valence-electron chi connectivity index (χ4n) is 6.27. The zero-order valence-corrected chi connectivity index (χ0v) is 23.0. The van der Waals surface area contributed by atoms with Gasteiger partial charge in [-0.3, -0.25) is 4.79 Å². The van der Waals surface area contributed by atoms with Crippen molar-refractivity contribution in [2.45, 2.75) is 44.7 Å². The maximum absolute atomic E-state index is 11.2. The van der Waals surface area contributed by atoms with Gasteiger partial charge in [0.1, 0.15) is 5.82 Å². The van der Waals surface area contributed by atoms with Gasteiger partial charge in [-0.15, -0.1) is 0 Å². The third kappa shape index (κ3) is 5.04. The van der Waals surface area contributed by atoms with E-state index in [2.05, 4.69) is 22.0 Å². The van der Waals surface area contributed by atoms with Crippen molar-refractivity contribution in [1.82, 2.24) is 14.9 Å². The van der Waals surface area contributed by atoms with Gasteiger partial charge in [0.2, 0.25) is 5.95 Å². The van der Waals surface area contributed by atoms with Gasteiger partial charge in [-0.25, -0.2) is 4.98 Å². The smallest absolute Gasteiger partial charge is 0.306 e. The van der Waals surface area contributed by atoms with E-state index < -0.39 is 5.97 Å². The van der Waals surface area contributed by atoms with Gasteiger partial charge in [0.25, 0.3) is 0 Å². The first kappa shape index (κ1) is 25.7. The summed E-state index contributed by atoms with van der Waals surface area (Å²) >= 11 is 12.6. The maximum Gasteiger partial charge on any atom is 0.306 e. The second-order valence-corrected chi connectivity index (χ2v) is 12.0. The highest BCUT2D eigenvalue weighted by Crippen LogP contribution is 2.39. The number of hydrogen-bond acceptors (Lipinski definition) is 6. The summed E-state index contributed by atoms with van der Waals surface area (Å²) < 4.78 is 0. The van der Waals surface area contributed by atoms with Crippen LogP contribution in [0, 0.1) is 17.8 Å². The van der Waals surface area contributed by atoms with Gasteiger partial charge in [0.05, 0.1) is 17.5 Å². The van der Waals surface area contributed by atoms with Crippen molar-refractivity contribution in [3.8, 4) is 0 Å². The second kappa shape index (κ2) is 10.5. The first-order valence-electron chi connectivity index (χ1n) is 13.6. The first-order chi connectivity index (χ1) is 18.4. The topological polar surface area (TPSA) is 81.6 Å².